The number of alkyl halides is 3. The van der Waals surface area contributed by atoms with Gasteiger partial charge >= 0.3 is 6.18 Å². The average Bonchev–Trinajstić information content (AvgIpc) is 2.95. The number of sulfonamides is 1. The van der Waals surface area contributed by atoms with Crippen LogP contribution in [0.5, 0.6) is 0 Å². The van der Waals surface area contributed by atoms with E-state index >= 15 is 0 Å². The Hall–Kier alpha value is -3.47. The van der Waals surface area contributed by atoms with Crippen LogP contribution in [0, 0.1) is 0 Å². The Morgan fingerprint density at radius 3 is 2.64 bits per heavy atom. The van der Waals surface area contributed by atoms with Gasteiger partial charge in [0.2, 0.25) is 0 Å². The maximum Gasteiger partial charge on any atom is 0.418 e. The van der Waals surface area contributed by atoms with Gasteiger partial charge in [0.1, 0.15) is 17.4 Å². The number of carbonyl (C=O) groups is 1. The predicted molar refractivity (Wildman–Crippen MR) is 144 cm³/mol. The van der Waals surface area contributed by atoms with Crippen molar-refractivity contribution < 1.29 is 31.9 Å². The molecule has 2 aromatic heterocycles. The predicted octanol–water partition coefficient (Wildman–Crippen LogP) is 6.26. The summed E-state index contributed by atoms with van der Waals surface area (Å²) >= 11 is 0. The highest BCUT2D eigenvalue weighted by molar-refractivity contribution is 7.92. The van der Waals surface area contributed by atoms with Gasteiger partial charge in [0.05, 0.1) is 11.3 Å². The number of halogens is 3. The molecule has 0 saturated heterocycles. The first-order chi connectivity index (χ1) is 20.2. The third-order valence-electron chi connectivity index (χ3n) is 5.94. The monoisotopic (exact) mass is 564 g/mol. The van der Waals surface area contributed by atoms with Gasteiger partial charge in [0.15, 0.2) is 5.03 Å². The molecule has 7 nitrogen and oxygen atoms in total. The van der Waals surface area contributed by atoms with E-state index in [1.165, 1.54) is 48.2 Å². The number of pyridine rings is 2. The van der Waals surface area contributed by atoms with Gasteiger partial charge in [0, 0.05) is 30.5 Å². The molecule has 0 spiro atoms. The highest BCUT2D eigenvalue weighted by atomic mass is 32.2. The van der Waals surface area contributed by atoms with Crippen LogP contribution in [0.15, 0.2) is 59.6 Å². The molecule has 39 heavy (non-hydrogen) atoms. The molecule has 11 heteroatoms. The van der Waals surface area contributed by atoms with Crippen molar-refractivity contribution in [3.63, 3.8) is 0 Å². The summed E-state index contributed by atoms with van der Waals surface area (Å²) in [6.07, 6.45) is -7.46. The van der Waals surface area contributed by atoms with Crippen LogP contribution < -0.4 is 9.62 Å². The van der Waals surface area contributed by atoms with Crippen molar-refractivity contribution in [2.24, 2.45) is 0 Å². The molecule has 4 unspecified atom stereocenters. The smallest absolute Gasteiger partial charge is 0.357 e. The minimum atomic E-state index is -4.84. The summed E-state index contributed by atoms with van der Waals surface area (Å²) in [5, 5.41) is -0.485. The van der Waals surface area contributed by atoms with Crippen molar-refractivity contribution in [3.8, 4) is 11.3 Å². The topological polar surface area (TPSA) is 92.3 Å². The molecule has 0 aliphatic carbocycles. The van der Waals surface area contributed by atoms with Crippen LogP contribution in [0.1, 0.15) is 62.0 Å². The van der Waals surface area contributed by atoms with Gasteiger partial charge in [-0.25, -0.2) is 9.97 Å². The Morgan fingerprint density at radius 2 is 1.87 bits per heavy atom. The molecule has 1 N–H and O–H groups in total. The summed E-state index contributed by atoms with van der Waals surface area (Å²) in [7, 11) is -4.49. The molecule has 4 rings (SSSR count). The third kappa shape index (κ3) is 7.35. The number of nitrogens with one attached hydrogen (secondary N) is 1. The van der Waals surface area contributed by atoms with Crippen LogP contribution in [0.4, 0.5) is 24.8 Å². The van der Waals surface area contributed by atoms with Gasteiger partial charge in [-0.1, -0.05) is 43.2 Å². The fraction of sp³-hybridized carbons (Fsp3) is 0.393. The number of anilines is 2. The van der Waals surface area contributed by atoms with E-state index in [-0.39, 0.29) is 42.1 Å². The second-order valence-corrected chi connectivity index (χ2v) is 10.6. The lowest BCUT2D eigenvalue weighted by Crippen LogP contribution is -2.28. The summed E-state index contributed by atoms with van der Waals surface area (Å²) in [6, 6.07) is 11.5. The standard InChI is InChI=1S/C28H31F3N4O3S/c1-20(36)10-9-19-35-18-7-3-2-4-11-21-12-5-6-13-22(21)27-23(28(29,30)31)16-17-24(32-27)34-39(37,38)26-15-8-14-25(35)33-26/h5-6,8,12-17H,2-4,7,9-11,18-19H2,1H3,(H,32,34)/i4D,9D,11D,19D. The molecular weight excluding hydrogens is 529 g/mol. The highest BCUT2D eigenvalue weighted by Crippen LogP contribution is 2.38. The zero-order valence-electron chi connectivity index (χ0n) is 25.1. The molecule has 4 atom stereocenters. The largest absolute Gasteiger partial charge is 0.418 e. The lowest BCUT2D eigenvalue weighted by atomic mass is 9.96. The molecule has 1 aliphatic heterocycles. The van der Waals surface area contributed by atoms with Crippen molar-refractivity contribution in [1.82, 2.24) is 9.97 Å². The van der Waals surface area contributed by atoms with E-state index in [9.17, 15) is 26.4 Å². The zero-order valence-corrected chi connectivity index (χ0v) is 22.0. The third-order valence-corrected chi connectivity index (χ3v) is 7.20. The van der Waals surface area contributed by atoms with Crippen LogP contribution in [0.2, 0.25) is 0 Å². The second-order valence-electron chi connectivity index (χ2n) is 9.00. The Labute approximate surface area is 232 Å². The van der Waals surface area contributed by atoms with E-state index in [1.54, 1.807) is 6.07 Å². The highest BCUT2D eigenvalue weighted by Gasteiger charge is 2.35. The number of ketones is 1. The first-order valence-corrected chi connectivity index (χ1v) is 13.8. The summed E-state index contributed by atoms with van der Waals surface area (Å²) < 4.78 is 105. The number of rotatable bonds is 4. The van der Waals surface area contributed by atoms with Gasteiger partial charge < -0.3 is 9.69 Å². The fourth-order valence-electron chi connectivity index (χ4n) is 4.08. The fourth-order valence-corrected chi connectivity index (χ4v) is 5.04. The molecule has 4 bridgehead atoms. The van der Waals surface area contributed by atoms with E-state index < -0.39 is 64.0 Å². The summed E-state index contributed by atoms with van der Waals surface area (Å²) in [5.41, 5.74) is -1.59. The van der Waals surface area contributed by atoms with Gasteiger partial charge in [-0.2, -0.15) is 21.6 Å². The second kappa shape index (κ2) is 12.1. The van der Waals surface area contributed by atoms with E-state index in [0.717, 1.165) is 6.07 Å². The minimum absolute atomic E-state index is 0.0345. The first-order valence-electron chi connectivity index (χ1n) is 14.6. The van der Waals surface area contributed by atoms with Gasteiger partial charge in [-0.05, 0) is 62.4 Å². The molecule has 1 aromatic carbocycles. The quantitative estimate of drug-likeness (QED) is 0.403. The SMILES string of the molecule is [2H]C1CCCCN(C([2H])C([2H])CC(C)=O)c2cccc(n2)S(=O)(=O)Nc2ccc(C(F)(F)F)c(n2)-c2ccccc2C1[2H]. The maximum atomic E-state index is 14.1. The van der Waals surface area contributed by atoms with Crippen molar-refractivity contribution in [2.45, 2.75) is 63.0 Å². The molecule has 0 fully saturated rings. The number of Topliss-reactive ketones (excluding diaryl/α,β-unsaturated/α-hetero) is 1. The molecule has 0 saturated carbocycles. The number of carbonyl (C=O) groups excluding carboxylic acids is 1. The van der Waals surface area contributed by atoms with Gasteiger partial charge in [-0.15, -0.1) is 0 Å². The van der Waals surface area contributed by atoms with Gasteiger partial charge in [0.25, 0.3) is 10.0 Å². The number of fused-ring (bicyclic) bond motifs is 6. The van der Waals surface area contributed by atoms with E-state index in [2.05, 4.69) is 14.7 Å². The zero-order chi connectivity index (χ0) is 31.5. The number of aryl methyl sites for hydroxylation is 1. The molecule has 0 radical (unpaired) electrons. The summed E-state index contributed by atoms with van der Waals surface area (Å²) in [6.45, 7) is 0.188. The number of nitrogens with zero attached hydrogens (tertiary/aromatic N) is 3. The molecule has 1 aliphatic rings. The summed E-state index contributed by atoms with van der Waals surface area (Å²) in [5.74, 6) is -0.637. The Balaban J connectivity index is 1.86. The van der Waals surface area contributed by atoms with E-state index in [1.807, 2.05) is 0 Å². The number of hydrogen-bond acceptors (Lipinski definition) is 6. The average molecular weight is 565 g/mol. The Bertz CT molecular complexity index is 1580. The molecular formula is C28H31F3N4O3S. The van der Waals surface area contributed by atoms with Crippen LogP contribution in [-0.2, 0) is 27.4 Å². The van der Waals surface area contributed by atoms with Crippen molar-refractivity contribution >= 4 is 27.4 Å². The number of benzene rings is 1. The van der Waals surface area contributed by atoms with Crippen LogP contribution in [0.3, 0.4) is 0 Å². The van der Waals surface area contributed by atoms with Crippen molar-refractivity contribution in [1.29, 1.82) is 0 Å². The molecule has 3 aromatic rings. The normalized spacial score (nSPS) is 22.9. The molecule has 0 amide bonds. The maximum absolute atomic E-state index is 14.1. The minimum Gasteiger partial charge on any atom is -0.357 e. The Kier molecular flexibility index (Phi) is 7.30. The first kappa shape index (κ1) is 23.4. The van der Waals surface area contributed by atoms with Gasteiger partial charge in [-0.3, -0.25) is 4.72 Å². The summed E-state index contributed by atoms with van der Waals surface area (Å²) in [4.78, 5) is 21.3. The van der Waals surface area contributed by atoms with Crippen LogP contribution in [0.25, 0.3) is 11.3 Å². The van der Waals surface area contributed by atoms with Crippen LogP contribution >= 0.6 is 0 Å². The Morgan fingerprint density at radius 1 is 1.08 bits per heavy atom. The van der Waals surface area contributed by atoms with Crippen molar-refractivity contribution in [3.05, 3.63) is 65.7 Å². The molecule has 3 heterocycles. The number of aromatic nitrogens is 2. The van der Waals surface area contributed by atoms with Crippen LogP contribution in [-0.4, -0.2) is 37.2 Å². The number of hydrogen-bond donors (Lipinski definition) is 1. The van der Waals surface area contributed by atoms with E-state index in [4.69, 9.17) is 5.48 Å². The lowest BCUT2D eigenvalue weighted by Gasteiger charge is -2.24. The lowest BCUT2D eigenvalue weighted by molar-refractivity contribution is -0.137. The van der Waals surface area contributed by atoms with Crippen molar-refractivity contribution in [2.75, 3.05) is 22.7 Å². The molecule has 208 valence electrons. The van der Waals surface area contributed by atoms with E-state index in [0.29, 0.717) is 18.9 Å².